The molecule has 1 N–H and O–H groups in total. The maximum atomic E-state index is 12.3. The number of hydrogen-bond donors (Lipinski definition) is 1. The first-order valence-electron chi connectivity index (χ1n) is 8.77. The van der Waals surface area contributed by atoms with Crippen LogP contribution in [0, 0.1) is 11.8 Å². The first-order valence-corrected chi connectivity index (χ1v) is 8.77. The second-order valence-corrected chi connectivity index (χ2v) is 6.88. The Hall–Kier alpha value is -1.91. The van der Waals surface area contributed by atoms with Crippen molar-refractivity contribution in [1.29, 1.82) is 0 Å². The number of rotatable bonds is 6. The van der Waals surface area contributed by atoms with Crippen LogP contribution in [0.3, 0.4) is 0 Å². The van der Waals surface area contributed by atoms with E-state index in [4.69, 9.17) is 9.47 Å². The van der Waals surface area contributed by atoms with E-state index in [0.717, 1.165) is 37.4 Å². The fourth-order valence-electron chi connectivity index (χ4n) is 3.46. The van der Waals surface area contributed by atoms with Gasteiger partial charge in [0.2, 0.25) is 0 Å². The number of aryl methyl sites for hydroxylation is 1. The van der Waals surface area contributed by atoms with Crippen molar-refractivity contribution in [2.75, 3.05) is 33.9 Å². The smallest absolute Gasteiger partial charge is 0.317 e. The van der Waals surface area contributed by atoms with E-state index in [1.165, 1.54) is 12.0 Å². The summed E-state index contributed by atoms with van der Waals surface area (Å²) in [6.45, 7) is 6.85. The molecule has 1 aliphatic heterocycles. The molecule has 0 spiro atoms. The first-order chi connectivity index (χ1) is 11.5. The normalized spacial score (nSPS) is 20.6. The zero-order valence-corrected chi connectivity index (χ0v) is 15.3. The number of nitrogens with one attached hydrogen (secondary N) is 1. The van der Waals surface area contributed by atoms with Crippen LogP contribution < -0.4 is 14.8 Å². The van der Waals surface area contributed by atoms with Crippen molar-refractivity contribution in [3.8, 4) is 11.5 Å². The predicted octanol–water partition coefficient (Wildman–Crippen LogP) is 3.32. The Kier molecular flexibility index (Phi) is 6.76. The molecule has 5 nitrogen and oxygen atoms in total. The van der Waals surface area contributed by atoms with Crippen LogP contribution in [-0.2, 0) is 6.42 Å². The standard InChI is InChI=1S/C19H30N2O3/c1-14-10-15(2)13-21(12-14)19(22)20-9-5-6-16-7-8-17(23-3)18(11-16)24-4/h7-8,11,14-15H,5-6,9-10,12-13H2,1-4H3,(H,20,22). The topological polar surface area (TPSA) is 50.8 Å². The van der Waals surface area contributed by atoms with E-state index in [1.807, 2.05) is 23.1 Å². The molecule has 1 aromatic carbocycles. The van der Waals surface area contributed by atoms with Gasteiger partial charge < -0.3 is 19.7 Å². The van der Waals surface area contributed by atoms with Gasteiger partial charge in [-0.3, -0.25) is 0 Å². The van der Waals surface area contributed by atoms with E-state index in [1.54, 1.807) is 14.2 Å². The lowest BCUT2D eigenvalue weighted by Gasteiger charge is -2.34. The number of nitrogens with zero attached hydrogens (tertiary/aromatic N) is 1. The lowest BCUT2D eigenvalue weighted by Crippen LogP contribution is -2.47. The molecule has 2 rings (SSSR count). The minimum absolute atomic E-state index is 0.0701. The van der Waals surface area contributed by atoms with Gasteiger partial charge in [-0.1, -0.05) is 19.9 Å². The summed E-state index contributed by atoms with van der Waals surface area (Å²) in [5.74, 6) is 2.66. The second kappa shape index (κ2) is 8.81. The van der Waals surface area contributed by atoms with E-state index < -0.39 is 0 Å². The SMILES string of the molecule is COc1ccc(CCCNC(=O)N2CC(C)CC(C)C2)cc1OC. The molecule has 0 radical (unpaired) electrons. The van der Waals surface area contributed by atoms with Crippen LogP contribution in [0.1, 0.15) is 32.3 Å². The van der Waals surface area contributed by atoms with Gasteiger partial charge in [0.25, 0.3) is 0 Å². The van der Waals surface area contributed by atoms with E-state index in [9.17, 15) is 4.79 Å². The zero-order chi connectivity index (χ0) is 17.5. The molecule has 2 unspecified atom stereocenters. The van der Waals surface area contributed by atoms with Crippen LogP contribution in [0.4, 0.5) is 4.79 Å². The minimum atomic E-state index is 0.0701. The average molecular weight is 334 g/mol. The molecule has 5 heteroatoms. The van der Waals surface area contributed by atoms with Gasteiger partial charge >= 0.3 is 6.03 Å². The molecule has 1 heterocycles. The Balaban J connectivity index is 1.75. The Morgan fingerprint density at radius 2 is 1.83 bits per heavy atom. The molecule has 0 saturated carbocycles. The molecule has 1 aliphatic rings. The molecule has 1 saturated heterocycles. The molecule has 0 aliphatic carbocycles. The summed E-state index contributed by atoms with van der Waals surface area (Å²) in [4.78, 5) is 14.2. The summed E-state index contributed by atoms with van der Waals surface area (Å²) >= 11 is 0. The maximum absolute atomic E-state index is 12.3. The highest BCUT2D eigenvalue weighted by atomic mass is 16.5. The Morgan fingerprint density at radius 3 is 2.46 bits per heavy atom. The van der Waals surface area contributed by atoms with Gasteiger partial charge in [0, 0.05) is 19.6 Å². The number of carbonyl (C=O) groups excluding carboxylic acids is 1. The highest BCUT2D eigenvalue weighted by molar-refractivity contribution is 5.74. The quantitative estimate of drug-likeness (QED) is 0.812. The second-order valence-electron chi connectivity index (χ2n) is 6.88. The van der Waals surface area contributed by atoms with E-state index in [-0.39, 0.29) is 6.03 Å². The number of ether oxygens (including phenoxy) is 2. The number of benzene rings is 1. The van der Waals surface area contributed by atoms with Crippen molar-refractivity contribution in [2.45, 2.75) is 33.1 Å². The van der Waals surface area contributed by atoms with Crippen molar-refractivity contribution in [1.82, 2.24) is 10.2 Å². The first kappa shape index (κ1) is 18.4. The molecular weight excluding hydrogens is 304 g/mol. The number of methoxy groups -OCH3 is 2. The Labute approximate surface area is 145 Å². The van der Waals surface area contributed by atoms with Crippen LogP contribution in [0.5, 0.6) is 11.5 Å². The summed E-state index contributed by atoms with van der Waals surface area (Å²) in [5.41, 5.74) is 1.18. The molecule has 2 amide bonds. The Bertz CT molecular complexity index is 537. The van der Waals surface area contributed by atoms with E-state index in [2.05, 4.69) is 19.2 Å². The largest absolute Gasteiger partial charge is 0.493 e. The molecule has 24 heavy (non-hydrogen) atoms. The number of urea groups is 1. The van der Waals surface area contributed by atoms with Crippen LogP contribution >= 0.6 is 0 Å². The number of piperidine rings is 1. The van der Waals surface area contributed by atoms with Crippen molar-refractivity contribution in [3.05, 3.63) is 23.8 Å². The third-order valence-corrected chi connectivity index (χ3v) is 4.52. The molecule has 0 bridgehead atoms. The van der Waals surface area contributed by atoms with Crippen LogP contribution in [0.15, 0.2) is 18.2 Å². The van der Waals surface area contributed by atoms with Crippen LogP contribution in [0.2, 0.25) is 0 Å². The summed E-state index contributed by atoms with van der Waals surface area (Å²) < 4.78 is 10.6. The number of hydrogen-bond acceptors (Lipinski definition) is 3. The molecule has 0 aromatic heterocycles. The van der Waals surface area contributed by atoms with Gasteiger partial charge in [-0.15, -0.1) is 0 Å². The number of amides is 2. The predicted molar refractivity (Wildman–Crippen MR) is 95.8 cm³/mol. The lowest BCUT2D eigenvalue weighted by molar-refractivity contribution is 0.146. The zero-order valence-electron chi connectivity index (χ0n) is 15.3. The van der Waals surface area contributed by atoms with Crippen molar-refractivity contribution >= 4 is 6.03 Å². The Morgan fingerprint density at radius 1 is 1.17 bits per heavy atom. The molecule has 1 aromatic rings. The highest BCUT2D eigenvalue weighted by Crippen LogP contribution is 2.28. The third-order valence-electron chi connectivity index (χ3n) is 4.52. The summed E-state index contributed by atoms with van der Waals surface area (Å²) in [6.07, 6.45) is 3.01. The lowest BCUT2D eigenvalue weighted by atomic mass is 9.92. The fraction of sp³-hybridized carbons (Fsp3) is 0.632. The van der Waals surface area contributed by atoms with Crippen molar-refractivity contribution in [2.24, 2.45) is 11.8 Å². The van der Waals surface area contributed by atoms with Crippen LogP contribution in [-0.4, -0.2) is 44.8 Å². The van der Waals surface area contributed by atoms with Gasteiger partial charge in [0.05, 0.1) is 14.2 Å². The summed E-state index contributed by atoms with van der Waals surface area (Å²) in [6, 6.07) is 6.02. The van der Waals surface area contributed by atoms with Gasteiger partial charge in [-0.05, 0) is 48.8 Å². The van der Waals surface area contributed by atoms with Crippen LogP contribution in [0.25, 0.3) is 0 Å². The van der Waals surface area contributed by atoms with Crippen molar-refractivity contribution in [3.63, 3.8) is 0 Å². The number of likely N-dealkylation sites (tertiary alicyclic amines) is 1. The summed E-state index contributed by atoms with van der Waals surface area (Å²) in [5, 5.41) is 3.05. The van der Waals surface area contributed by atoms with E-state index >= 15 is 0 Å². The van der Waals surface area contributed by atoms with Gasteiger partial charge in [-0.2, -0.15) is 0 Å². The monoisotopic (exact) mass is 334 g/mol. The minimum Gasteiger partial charge on any atom is -0.493 e. The van der Waals surface area contributed by atoms with Gasteiger partial charge in [0.1, 0.15) is 0 Å². The van der Waals surface area contributed by atoms with E-state index in [0.29, 0.717) is 18.4 Å². The number of carbonyl (C=O) groups is 1. The summed E-state index contributed by atoms with van der Waals surface area (Å²) in [7, 11) is 3.28. The maximum Gasteiger partial charge on any atom is 0.317 e. The molecule has 1 fully saturated rings. The molecule has 134 valence electrons. The molecule has 2 atom stereocenters. The third kappa shape index (κ3) is 5.05. The highest BCUT2D eigenvalue weighted by Gasteiger charge is 2.24. The van der Waals surface area contributed by atoms with Gasteiger partial charge in [0.15, 0.2) is 11.5 Å². The average Bonchev–Trinajstić information content (AvgIpc) is 2.57. The van der Waals surface area contributed by atoms with Gasteiger partial charge in [-0.25, -0.2) is 4.79 Å². The molecular formula is C19H30N2O3. The fourth-order valence-corrected chi connectivity index (χ4v) is 3.46. The van der Waals surface area contributed by atoms with Crippen molar-refractivity contribution < 1.29 is 14.3 Å².